The van der Waals surface area contributed by atoms with Gasteiger partial charge in [0.2, 0.25) is 16.5 Å². The van der Waals surface area contributed by atoms with E-state index >= 15 is 0 Å². The van der Waals surface area contributed by atoms with Gasteiger partial charge in [-0.25, -0.2) is 0 Å². The van der Waals surface area contributed by atoms with E-state index < -0.39 is 0 Å². The van der Waals surface area contributed by atoms with E-state index in [1.54, 1.807) is 0 Å². The summed E-state index contributed by atoms with van der Waals surface area (Å²) in [5.74, 6) is -0.453. The maximum absolute atomic E-state index is 13.6. The molecule has 0 saturated heterocycles. The topological polar surface area (TPSA) is 80.5 Å². The first kappa shape index (κ1) is 36.1. The number of hydrogen-bond acceptors (Lipinski definition) is 7. The van der Waals surface area contributed by atoms with Gasteiger partial charge in [0.15, 0.2) is 11.5 Å². The number of para-hydroxylation sites is 2. The fraction of sp³-hybridized carbons (Fsp3) is 0.304. The highest BCUT2D eigenvalue weighted by Gasteiger charge is 2.44. The summed E-state index contributed by atoms with van der Waals surface area (Å²) in [5.41, 5.74) is 5.93. The second kappa shape index (κ2) is 13.4. The Morgan fingerprint density at radius 2 is 1.33 bits per heavy atom. The van der Waals surface area contributed by atoms with Crippen molar-refractivity contribution in [2.45, 2.75) is 78.1 Å². The van der Waals surface area contributed by atoms with Crippen LogP contribution in [0, 0.1) is 18.8 Å². The lowest BCUT2D eigenvalue weighted by molar-refractivity contribution is -0.437. The van der Waals surface area contributed by atoms with E-state index in [-0.39, 0.29) is 54.8 Å². The van der Waals surface area contributed by atoms with Crippen LogP contribution in [0.2, 0.25) is 0 Å². The predicted octanol–water partition coefficient (Wildman–Crippen LogP) is 6.47. The molecule has 0 radical (unpaired) electrons. The maximum atomic E-state index is 13.6. The molecule has 0 spiro atoms. The van der Waals surface area contributed by atoms with Crippen LogP contribution in [0.25, 0.3) is 11.6 Å². The summed E-state index contributed by atoms with van der Waals surface area (Å²) in [6.45, 7) is 14.6. The second-order valence-corrected chi connectivity index (χ2v) is 17.7. The van der Waals surface area contributed by atoms with Crippen molar-refractivity contribution in [1.82, 2.24) is 0 Å². The molecule has 3 aliphatic rings. The highest BCUT2D eigenvalue weighted by Crippen LogP contribution is 2.49. The first-order valence-electron chi connectivity index (χ1n) is 19.0. The summed E-state index contributed by atoms with van der Waals surface area (Å²) < 4.78 is 5.29. The Balaban J connectivity index is 1.18. The number of rotatable bonds is 8. The number of Topliss-reactive ketones (excluding diaryl/α,β-unsaturated/α-hetero) is 1. The van der Waals surface area contributed by atoms with Crippen LogP contribution in [0.1, 0.15) is 78.4 Å². The molecule has 2 aliphatic heterocycles. The second-order valence-electron chi connectivity index (χ2n) is 15.6. The Hall–Kier alpha value is -4.92. The fourth-order valence-electron chi connectivity index (χ4n) is 8.33. The minimum atomic E-state index is -0.342. The predicted molar refractivity (Wildman–Crippen MR) is 218 cm³/mol. The number of thiophene rings is 2. The Labute approximate surface area is 322 Å². The molecule has 54 heavy (non-hydrogen) atoms. The number of anilines is 1. The molecule has 3 aromatic carbocycles. The molecule has 2 aromatic heterocycles. The molecular formula is C46H44N2O4S2. The number of carbonyl (C=O) groups is 1. The molecule has 0 N–H and O–H groups in total. The molecule has 0 atom stereocenters. The van der Waals surface area contributed by atoms with Gasteiger partial charge in [0.05, 0.1) is 15.9 Å². The van der Waals surface area contributed by atoms with Crippen molar-refractivity contribution < 1.29 is 14.5 Å². The van der Waals surface area contributed by atoms with Gasteiger partial charge in [-0.3, -0.25) is 14.4 Å². The zero-order valence-electron chi connectivity index (χ0n) is 31.7. The van der Waals surface area contributed by atoms with Crippen molar-refractivity contribution in [1.29, 1.82) is 0 Å². The van der Waals surface area contributed by atoms with Gasteiger partial charge in [-0.15, -0.1) is 22.7 Å². The number of ketones is 1. The standard InChI is InChI=1S/C46H44N2O4S2/c1-7-9-23-47-31-17-13-11-15-29(31)45(3,4)37(47)25-27-41(49)39(42(27)50)35-21-19-33(53-35)34-20-22-36(54-34)40-43(51)28(44(40)52)26-38-46(5,6)30-16-12-14-18-32(30)48(38)24-10-8-2/h11-22,25-26H,7-10,23-24H2,1-6H3. The molecular weight excluding hydrogens is 709 g/mol. The number of nitrogens with zero attached hydrogens (tertiary/aromatic N) is 2. The third-order valence-corrected chi connectivity index (χ3v) is 13.9. The normalized spacial score (nSPS) is 19.6. The summed E-state index contributed by atoms with van der Waals surface area (Å²) in [6, 6.07) is 24.1. The van der Waals surface area contributed by atoms with E-state index in [9.17, 15) is 19.5 Å². The Bertz CT molecular complexity index is 2860. The first-order valence-corrected chi connectivity index (χ1v) is 20.6. The van der Waals surface area contributed by atoms with Crippen LogP contribution >= 0.6 is 22.7 Å². The van der Waals surface area contributed by atoms with Crippen LogP contribution in [-0.2, 0) is 15.6 Å². The third kappa shape index (κ3) is 5.48. The zero-order chi connectivity index (χ0) is 38.1. The van der Waals surface area contributed by atoms with Crippen LogP contribution in [0.5, 0.6) is 0 Å². The Kier molecular flexibility index (Phi) is 8.97. The molecule has 1 aliphatic carbocycles. The molecule has 0 unspecified atom stereocenters. The van der Waals surface area contributed by atoms with E-state index in [2.05, 4.69) is 75.3 Å². The van der Waals surface area contributed by atoms with E-state index in [4.69, 9.17) is 0 Å². The molecule has 8 heteroatoms. The maximum Gasteiger partial charge on any atom is 0.209 e. The van der Waals surface area contributed by atoms with Gasteiger partial charge in [-0.2, -0.15) is 4.58 Å². The van der Waals surface area contributed by atoms with Gasteiger partial charge in [0, 0.05) is 76.7 Å². The van der Waals surface area contributed by atoms with Crippen LogP contribution in [0.4, 0.5) is 11.4 Å². The lowest BCUT2D eigenvalue weighted by atomic mass is 9.80. The lowest BCUT2D eigenvalue weighted by Gasteiger charge is -2.32. The van der Waals surface area contributed by atoms with E-state index in [0.717, 1.165) is 70.6 Å². The molecule has 0 saturated carbocycles. The van der Waals surface area contributed by atoms with Gasteiger partial charge in [-0.1, -0.05) is 82.7 Å². The van der Waals surface area contributed by atoms with Crippen molar-refractivity contribution in [3.63, 3.8) is 0 Å². The zero-order valence-corrected chi connectivity index (χ0v) is 33.3. The molecule has 4 heterocycles. The Morgan fingerprint density at radius 3 is 2.02 bits per heavy atom. The van der Waals surface area contributed by atoms with Gasteiger partial charge in [0.25, 0.3) is 0 Å². The minimum Gasteiger partial charge on any atom is -0.871 e. The fourth-order valence-corrected chi connectivity index (χ4v) is 10.5. The van der Waals surface area contributed by atoms with Crippen molar-refractivity contribution in [2.24, 2.45) is 0 Å². The average molecular weight is 753 g/mol. The number of hydrogen-bond donors (Lipinski definition) is 0. The SMILES string of the molecule is CCCCN1C(=CC2=C([O-])C(=c3ccc(=c4ccc(=c5c(=O)c(=CC6=[N+](CCCC)c7ccccc7C6(C)C)c5=O)s4)s3)C2=O)C(C)(C)c2ccccc21. The van der Waals surface area contributed by atoms with Crippen molar-refractivity contribution in [2.75, 3.05) is 18.0 Å². The van der Waals surface area contributed by atoms with E-state index in [1.807, 2.05) is 60.7 Å². The highest BCUT2D eigenvalue weighted by atomic mass is 32.1. The molecule has 274 valence electrons. The van der Waals surface area contributed by atoms with Crippen molar-refractivity contribution in [3.8, 4) is 0 Å². The largest absolute Gasteiger partial charge is 0.871 e. The van der Waals surface area contributed by atoms with Crippen LogP contribution in [0.15, 0.2) is 105 Å². The van der Waals surface area contributed by atoms with Gasteiger partial charge in [0.1, 0.15) is 6.54 Å². The van der Waals surface area contributed by atoms with E-state index in [1.165, 1.54) is 33.8 Å². The molecule has 8 rings (SSSR count). The van der Waals surface area contributed by atoms with Crippen LogP contribution in [-0.4, -0.2) is 29.2 Å². The molecule has 0 fully saturated rings. The summed E-state index contributed by atoms with van der Waals surface area (Å²) in [7, 11) is 0. The first-order chi connectivity index (χ1) is 25.9. The number of carbonyl (C=O) groups excluding carboxylic acids is 1. The van der Waals surface area contributed by atoms with E-state index in [0.29, 0.717) is 9.06 Å². The number of benzene rings is 2. The summed E-state index contributed by atoms with van der Waals surface area (Å²) in [5, 5.41) is 14.1. The third-order valence-electron chi connectivity index (χ3n) is 11.5. The molecule has 0 amide bonds. The number of unbranched alkanes of at least 4 members (excludes halogenated alkanes) is 2. The highest BCUT2D eigenvalue weighted by molar-refractivity contribution is 7.11. The molecule has 6 nitrogen and oxygen atoms in total. The van der Waals surface area contributed by atoms with Crippen LogP contribution in [0.3, 0.4) is 0 Å². The average Bonchev–Trinajstić information content (AvgIpc) is 3.92. The smallest absolute Gasteiger partial charge is 0.209 e. The Morgan fingerprint density at radius 1 is 0.722 bits per heavy atom. The summed E-state index contributed by atoms with van der Waals surface area (Å²) in [6.07, 6.45) is 7.74. The monoisotopic (exact) mass is 752 g/mol. The van der Waals surface area contributed by atoms with Crippen LogP contribution < -0.4 is 30.6 Å². The summed E-state index contributed by atoms with van der Waals surface area (Å²) in [4.78, 5) is 43.1. The quantitative estimate of drug-likeness (QED) is 0.170. The molecule has 0 bridgehead atoms. The van der Waals surface area contributed by atoms with Crippen molar-refractivity contribution >= 4 is 57.2 Å². The minimum absolute atomic E-state index is 0.222. The number of allylic oxidation sites excluding steroid dienone is 4. The number of fused-ring (bicyclic) bond motifs is 2. The lowest BCUT2D eigenvalue weighted by Crippen LogP contribution is -2.51. The van der Waals surface area contributed by atoms with Gasteiger partial charge < -0.3 is 10.0 Å². The summed E-state index contributed by atoms with van der Waals surface area (Å²) >= 11 is 2.77. The van der Waals surface area contributed by atoms with Gasteiger partial charge >= 0.3 is 0 Å². The van der Waals surface area contributed by atoms with Gasteiger partial charge in [-0.05, 0) is 62.2 Å². The van der Waals surface area contributed by atoms with Crippen molar-refractivity contribution in [3.05, 3.63) is 156 Å². The molecule has 5 aromatic rings.